The van der Waals surface area contributed by atoms with Gasteiger partial charge in [-0.3, -0.25) is 4.79 Å². The minimum atomic E-state index is 0.291. The highest BCUT2D eigenvalue weighted by Crippen LogP contribution is 2.59. The second-order valence-electron chi connectivity index (χ2n) is 7.21. The van der Waals surface area contributed by atoms with E-state index < -0.39 is 0 Å². The first-order valence-electron chi connectivity index (χ1n) is 8.48. The molecule has 2 atom stereocenters. The minimum Gasteiger partial charge on any atom is -0.342 e. The summed E-state index contributed by atoms with van der Waals surface area (Å²) in [6.45, 7) is 6.44. The third-order valence-electron chi connectivity index (χ3n) is 5.13. The van der Waals surface area contributed by atoms with Gasteiger partial charge in [-0.05, 0) is 42.6 Å². The molecular formula is C19H27NO. The van der Waals surface area contributed by atoms with Gasteiger partial charge in [0.1, 0.15) is 0 Å². The lowest BCUT2D eigenvalue weighted by Gasteiger charge is -2.27. The smallest absolute Gasteiger partial charge is 0.225 e. The summed E-state index contributed by atoms with van der Waals surface area (Å²) in [5.41, 5.74) is 1.73. The Kier molecular flexibility index (Phi) is 4.05. The quantitative estimate of drug-likeness (QED) is 0.734. The first-order valence-corrected chi connectivity index (χ1v) is 8.48. The summed E-state index contributed by atoms with van der Waals surface area (Å²) >= 11 is 0. The molecule has 0 N–H and O–H groups in total. The normalized spacial score (nSPS) is 27.4. The van der Waals surface area contributed by atoms with Crippen LogP contribution in [0, 0.1) is 11.3 Å². The van der Waals surface area contributed by atoms with Crippen LogP contribution in [0.5, 0.6) is 0 Å². The van der Waals surface area contributed by atoms with Crippen molar-refractivity contribution in [2.24, 2.45) is 11.3 Å². The van der Waals surface area contributed by atoms with E-state index >= 15 is 0 Å². The highest BCUT2D eigenvalue weighted by Gasteiger charge is 2.52. The zero-order valence-electron chi connectivity index (χ0n) is 13.3. The molecule has 2 nitrogen and oxygen atoms in total. The molecule has 21 heavy (non-hydrogen) atoms. The van der Waals surface area contributed by atoms with Gasteiger partial charge in [-0.25, -0.2) is 0 Å². The molecule has 0 aliphatic heterocycles. The average molecular weight is 285 g/mol. The average Bonchev–Trinajstić information content (AvgIpc) is 3.40. The van der Waals surface area contributed by atoms with Crippen LogP contribution >= 0.6 is 0 Å². The van der Waals surface area contributed by atoms with Crippen molar-refractivity contribution in [3.63, 3.8) is 0 Å². The number of unbranched alkanes of at least 4 members (excludes halogenated alkanes) is 1. The van der Waals surface area contributed by atoms with E-state index in [1.54, 1.807) is 0 Å². The largest absolute Gasteiger partial charge is 0.342 e. The van der Waals surface area contributed by atoms with E-state index in [9.17, 15) is 4.79 Å². The maximum Gasteiger partial charge on any atom is 0.225 e. The molecule has 2 saturated carbocycles. The SMILES string of the molecule is CCCCN(CC1(C)CC1c1ccccc1)C(=O)C1CC1. The van der Waals surface area contributed by atoms with Gasteiger partial charge in [-0.1, -0.05) is 50.6 Å². The Labute approximate surface area is 128 Å². The lowest BCUT2D eigenvalue weighted by molar-refractivity contribution is -0.133. The fraction of sp³-hybridized carbons (Fsp3) is 0.632. The molecule has 0 saturated heterocycles. The predicted molar refractivity (Wildman–Crippen MR) is 86.1 cm³/mol. The minimum absolute atomic E-state index is 0.291. The van der Waals surface area contributed by atoms with Crippen molar-refractivity contribution in [3.05, 3.63) is 35.9 Å². The van der Waals surface area contributed by atoms with Crippen molar-refractivity contribution < 1.29 is 4.79 Å². The molecule has 0 spiro atoms. The molecule has 0 aromatic heterocycles. The van der Waals surface area contributed by atoms with E-state index in [1.165, 1.54) is 12.0 Å². The summed E-state index contributed by atoms with van der Waals surface area (Å²) in [5.74, 6) is 1.40. The zero-order chi connectivity index (χ0) is 14.9. The molecular weight excluding hydrogens is 258 g/mol. The molecule has 0 radical (unpaired) electrons. The van der Waals surface area contributed by atoms with Crippen LogP contribution < -0.4 is 0 Å². The van der Waals surface area contributed by atoms with E-state index in [2.05, 4.69) is 49.1 Å². The van der Waals surface area contributed by atoms with Crippen molar-refractivity contribution >= 4 is 5.91 Å². The number of benzene rings is 1. The monoisotopic (exact) mass is 285 g/mol. The van der Waals surface area contributed by atoms with E-state index in [-0.39, 0.29) is 0 Å². The van der Waals surface area contributed by atoms with Crippen molar-refractivity contribution in [2.45, 2.75) is 51.9 Å². The number of rotatable bonds is 7. The van der Waals surface area contributed by atoms with E-state index in [1.807, 2.05) is 0 Å². The van der Waals surface area contributed by atoms with Gasteiger partial charge in [0.05, 0.1) is 0 Å². The van der Waals surface area contributed by atoms with Gasteiger partial charge < -0.3 is 4.90 Å². The number of carbonyl (C=O) groups is 1. The van der Waals surface area contributed by atoms with Gasteiger partial charge in [0, 0.05) is 19.0 Å². The van der Waals surface area contributed by atoms with Crippen LogP contribution in [0.4, 0.5) is 0 Å². The highest BCUT2D eigenvalue weighted by molar-refractivity contribution is 5.81. The van der Waals surface area contributed by atoms with Gasteiger partial charge in [0.2, 0.25) is 5.91 Å². The third kappa shape index (κ3) is 3.30. The van der Waals surface area contributed by atoms with Gasteiger partial charge in [0.15, 0.2) is 0 Å². The number of hydrogen-bond acceptors (Lipinski definition) is 1. The Morgan fingerprint density at radius 1 is 1.29 bits per heavy atom. The molecule has 1 amide bonds. The number of amides is 1. The third-order valence-corrected chi connectivity index (χ3v) is 5.13. The second-order valence-corrected chi connectivity index (χ2v) is 7.21. The highest BCUT2D eigenvalue weighted by atomic mass is 16.2. The van der Waals surface area contributed by atoms with Crippen LogP contribution in [-0.2, 0) is 4.79 Å². The topological polar surface area (TPSA) is 20.3 Å². The summed E-state index contributed by atoms with van der Waals surface area (Å²) in [4.78, 5) is 14.7. The Morgan fingerprint density at radius 2 is 2.00 bits per heavy atom. The fourth-order valence-electron chi connectivity index (χ4n) is 3.43. The van der Waals surface area contributed by atoms with Crippen LogP contribution in [0.2, 0.25) is 0 Å². The number of carbonyl (C=O) groups excluding carboxylic acids is 1. The number of nitrogens with zero attached hydrogens (tertiary/aromatic N) is 1. The van der Waals surface area contributed by atoms with E-state index in [0.717, 1.165) is 38.8 Å². The van der Waals surface area contributed by atoms with E-state index in [0.29, 0.717) is 23.2 Å². The Balaban J connectivity index is 1.64. The lowest BCUT2D eigenvalue weighted by atomic mass is 10.00. The van der Waals surface area contributed by atoms with Crippen molar-refractivity contribution in [1.82, 2.24) is 4.90 Å². The molecule has 2 aliphatic rings. The second kappa shape index (κ2) is 5.82. The molecule has 2 aliphatic carbocycles. The van der Waals surface area contributed by atoms with Gasteiger partial charge in [-0.2, -0.15) is 0 Å². The molecule has 2 fully saturated rings. The first-order chi connectivity index (χ1) is 10.1. The molecule has 2 heteroatoms. The zero-order valence-corrected chi connectivity index (χ0v) is 13.3. The molecule has 1 aromatic rings. The standard InChI is InChI=1S/C19H27NO/c1-3-4-12-20(18(21)16-10-11-16)14-19(2)13-17(19)15-8-6-5-7-9-15/h5-9,16-17H,3-4,10-14H2,1-2H3. The van der Waals surface area contributed by atoms with Crippen molar-refractivity contribution in [1.29, 1.82) is 0 Å². The van der Waals surface area contributed by atoms with Crippen molar-refractivity contribution in [3.8, 4) is 0 Å². The lowest BCUT2D eigenvalue weighted by Crippen LogP contribution is -2.37. The van der Waals surface area contributed by atoms with Gasteiger partial charge in [-0.15, -0.1) is 0 Å². The maximum absolute atomic E-state index is 12.5. The molecule has 0 bridgehead atoms. The summed E-state index contributed by atoms with van der Waals surface area (Å²) in [6, 6.07) is 10.8. The van der Waals surface area contributed by atoms with E-state index in [4.69, 9.17) is 0 Å². The Hall–Kier alpha value is -1.31. The van der Waals surface area contributed by atoms with Crippen LogP contribution in [-0.4, -0.2) is 23.9 Å². The summed E-state index contributed by atoms with van der Waals surface area (Å²) < 4.78 is 0. The van der Waals surface area contributed by atoms with Crippen LogP contribution in [0.25, 0.3) is 0 Å². The summed E-state index contributed by atoms with van der Waals surface area (Å²) in [6.07, 6.45) is 5.73. The van der Waals surface area contributed by atoms with Crippen LogP contribution in [0.15, 0.2) is 30.3 Å². The molecule has 2 unspecified atom stereocenters. The van der Waals surface area contributed by atoms with Crippen LogP contribution in [0.1, 0.15) is 57.4 Å². The Bertz CT molecular complexity index is 494. The first kappa shape index (κ1) is 14.6. The molecule has 1 aromatic carbocycles. The molecule has 3 rings (SSSR count). The van der Waals surface area contributed by atoms with Gasteiger partial charge >= 0.3 is 0 Å². The summed E-state index contributed by atoms with van der Waals surface area (Å²) in [7, 11) is 0. The van der Waals surface area contributed by atoms with Crippen molar-refractivity contribution in [2.75, 3.05) is 13.1 Å². The predicted octanol–water partition coefficient (Wildman–Crippen LogP) is 4.22. The van der Waals surface area contributed by atoms with Crippen LogP contribution in [0.3, 0.4) is 0 Å². The molecule has 0 heterocycles. The maximum atomic E-state index is 12.5. The fourth-order valence-corrected chi connectivity index (χ4v) is 3.43. The van der Waals surface area contributed by atoms with Gasteiger partial charge in [0.25, 0.3) is 0 Å². The molecule has 114 valence electrons. The Morgan fingerprint density at radius 3 is 2.62 bits per heavy atom. The number of hydrogen-bond donors (Lipinski definition) is 0. The summed E-state index contributed by atoms with van der Waals surface area (Å²) in [5, 5.41) is 0.